The summed E-state index contributed by atoms with van der Waals surface area (Å²) in [6.07, 6.45) is -4.77. The molecule has 1 heterocycles. The highest BCUT2D eigenvalue weighted by molar-refractivity contribution is 9.10. The Kier molecular flexibility index (Phi) is 2.83. The number of thiophene rings is 1. The molecule has 0 aliphatic heterocycles. The van der Waals surface area contributed by atoms with Crippen molar-refractivity contribution < 1.29 is 17.9 Å². The first-order valence-electron chi connectivity index (χ1n) is 2.87. The number of hydrogen-bond acceptors (Lipinski definition) is 3. The normalized spacial score (nSPS) is 11.0. The second kappa shape index (κ2) is 3.55. The van der Waals surface area contributed by atoms with Crippen LogP contribution in [0.3, 0.4) is 0 Å². The number of halogens is 4. The third-order valence-corrected chi connectivity index (χ3v) is 2.78. The van der Waals surface area contributed by atoms with E-state index in [0.29, 0.717) is 0 Å². The third-order valence-electron chi connectivity index (χ3n) is 1.02. The lowest BCUT2D eigenvalue weighted by Crippen LogP contribution is -2.17. The molecule has 0 radical (unpaired) electrons. The fourth-order valence-electron chi connectivity index (χ4n) is 0.614. The molecule has 0 aliphatic rings. The maximum absolute atomic E-state index is 11.8. The molecule has 70 valence electrons. The minimum atomic E-state index is -4.77. The van der Waals surface area contributed by atoms with Crippen LogP contribution in [0, 0.1) is 11.3 Å². The molecule has 0 aromatic carbocycles. The van der Waals surface area contributed by atoms with Crippen molar-refractivity contribution >= 4 is 27.3 Å². The summed E-state index contributed by atoms with van der Waals surface area (Å²) in [4.78, 5) is -0.107. The zero-order valence-corrected chi connectivity index (χ0v) is 8.26. The van der Waals surface area contributed by atoms with E-state index >= 15 is 0 Å². The molecular weight excluding hydrogens is 271 g/mol. The first-order valence-corrected chi connectivity index (χ1v) is 4.54. The van der Waals surface area contributed by atoms with E-state index in [-0.39, 0.29) is 9.35 Å². The largest absolute Gasteiger partial charge is 0.573 e. The Labute approximate surface area is 83.7 Å². The highest BCUT2D eigenvalue weighted by Gasteiger charge is 2.33. The highest BCUT2D eigenvalue weighted by Crippen LogP contribution is 2.37. The van der Waals surface area contributed by atoms with E-state index < -0.39 is 12.1 Å². The monoisotopic (exact) mass is 271 g/mol. The Hall–Kier alpha value is -0.740. The second-order valence-corrected chi connectivity index (χ2v) is 3.64. The molecule has 0 saturated carbocycles. The van der Waals surface area contributed by atoms with Crippen LogP contribution in [-0.2, 0) is 0 Å². The second-order valence-electron chi connectivity index (χ2n) is 1.90. The van der Waals surface area contributed by atoms with E-state index in [0.717, 1.165) is 11.3 Å². The fraction of sp³-hybridized carbons (Fsp3) is 0.167. The first-order chi connectivity index (χ1) is 5.94. The fourth-order valence-corrected chi connectivity index (χ4v) is 1.94. The van der Waals surface area contributed by atoms with Crippen molar-refractivity contribution in [3.05, 3.63) is 14.7 Å². The zero-order valence-electron chi connectivity index (χ0n) is 5.85. The molecule has 0 fully saturated rings. The molecule has 0 atom stereocenters. The number of hydrogen-bond donors (Lipinski definition) is 0. The predicted molar refractivity (Wildman–Crippen MR) is 43.4 cm³/mol. The summed E-state index contributed by atoms with van der Waals surface area (Å²) in [5.41, 5.74) is 0. The summed E-state index contributed by atoms with van der Waals surface area (Å²) < 4.78 is 39.1. The van der Waals surface area contributed by atoms with Crippen molar-refractivity contribution in [1.82, 2.24) is 0 Å². The Bertz CT molecular complexity index is 354. The van der Waals surface area contributed by atoms with E-state index in [2.05, 4.69) is 20.7 Å². The van der Waals surface area contributed by atoms with Crippen LogP contribution in [-0.4, -0.2) is 6.36 Å². The van der Waals surface area contributed by atoms with Gasteiger partial charge in [0.25, 0.3) is 0 Å². The van der Waals surface area contributed by atoms with Crippen molar-refractivity contribution in [3.8, 4) is 11.8 Å². The molecule has 7 heteroatoms. The predicted octanol–water partition coefficient (Wildman–Crippen LogP) is 3.28. The van der Waals surface area contributed by atoms with Gasteiger partial charge >= 0.3 is 6.36 Å². The van der Waals surface area contributed by atoms with Gasteiger partial charge < -0.3 is 4.74 Å². The van der Waals surface area contributed by atoms with Crippen LogP contribution in [0.1, 0.15) is 4.88 Å². The Morgan fingerprint density at radius 1 is 1.54 bits per heavy atom. The number of nitrogens with zero attached hydrogens (tertiary/aromatic N) is 1. The van der Waals surface area contributed by atoms with Gasteiger partial charge in [-0.2, -0.15) is 5.26 Å². The highest BCUT2D eigenvalue weighted by atomic mass is 79.9. The maximum atomic E-state index is 11.8. The van der Waals surface area contributed by atoms with Gasteiger partial charge in [-0.3, -0.25) is 0 Å². The van der Waals surface area contributed by atoms with Gasteiger partial charge in [-0.1, -0.05) is 0 Å². The molecule has 0 unspecified atom stereocenters. The van der Waals surface area contributed by atoms with Crippen LogP contribution in [0.15, 0.2) is 9.85 Å². The number of rotatable bonds is 1. The first kappa shape index (κ1) is 10.3. The SMILES string of the molecule is N#Cc1scc(Br)c1OC(F)(F)F. The minimum absolute atomic E-state index is 0.107. The molecule has 0 saturated heterocycles. The summed E-state index contributed by atoms with van der Waals surface area (Å²) in [6, 6.07) is 1.60. The van der Waals surface area contributed by atoms with Crippen LogP contribution in [0.25, 0.3) is 0 Å². The van der Waals surface area contributed by atoms with Gasteiger partial charge in [-0.25, -0.2) is 0 Å². The molecule has 1 aromatic heterocycles. The van der Waals surface area contributed by atoms with Gasteiger partial charge in [0.05, 0.1) is 4.47 Å². The smallest absolute Gasteiger partial charge is 0.402 e. The summed E-state index contributed by atoms with van der Waals surface area (Å²) >= 11 is 3.73. The third kappa shape index (κ3) is 2.60. The number of alkyl halides is 3. The molecule has 0 N–H and O–H groups in total. The lowest BCUT2D eigenvalue weighted by Gasteiger charge is -2.07. The van der Waals surface area contributed by atoms with E-state index in [4.69, 9.17) is 5.26 Å². The topological polar surface area (TPSA) is 33.0 Å². The maximum Gasteiger partial charge on any atom is 0.573 e. The van der Waals surface area contributed by atoms with E-state index in [1.165, 1.54) is 5.38 Å². The zero-order chi connectivity index (χ0) is 10.1. The molecule has 2 nitrogen and oxygen atoms in total. The Morgan fingerprint density at radius 3 is 2.62 bits per heavy atom. The molecule has 13 heavy (non-hydrogen) atoms. The average molecular weight is 272 g/mol. The van der Waals surface area contributed by atoms with Gasteiger partial charge in [-0.05, 0) is 15.9 Å². The lowest BCUT2D eigenvalue weighted by molar-refractivity contribution is -0.274. The van der Waals surface area contributed by atoms with Gasteiger partial charge in [-0.15, -0.1) is 24.5 Å². The minimum Gasteiger partial charge on any atom is -0.402 e. The van der Waals surface area contributed by atoms with Crippen molar-refractivity contribution in [2.24, 2.45) is 0 Å². The lowest BCUT2D eigenvalue weighted by atomic mass is 10.4. The Morgan fingerprint density at radius 2 is 2.15 bits per heavy atom. The molecular formula is C6HBrF3NOS. The molecule has 0 bridgehead atoms. The standard InChI is InChI=1S/C6HBrF3NOS/c7-3-2-13-4(1-11)5(3)12-6(8,9)10/h2H. The number of ether oxygens (including phenoxy) is 1. The summed E-state index contributed by atoms with van der Waals surface area (Å²) in [5.74, 6) is -0.472. The molecule has 0 spiro atoms. The van der Waals surface area contributed by atoms with Gasteiger partial charge in [0.1, 0.15) is 10.9 Å². The van der Waals surface area contributed by atoms with Gasteiger partial charge in [0, 0.05) is 5.38 Å². The molecule has 1 rings (SSSR count). The Balaban J connectivity index is 3.00. The van der Waals surface area contributed by atoms with Crippen LogP contribution < -0.4 is 4.74 Å². The quantitative estimate of drug-likeness (QED) is 0.785. The van der Waals surface area contributed by atoms with Crippen LogP contribution in [0.2, 0.25) is 0 Å². The van der Waals surface area contributed by atoms with Gasteiger partial charge in [0.15, 0.2) is 5.75 Å². The van der Waals surface area contributed by atoms with E-state index in [1.807, 2.05) is 0 Å². The van der Waals surface area contributed by atoms with Crippen LogP contribution in [0.5, 0.6) is 5.75 Å². The van der Waals surface area contributed by atoms with Crippen molar-refractivity contribution in [1.29, 1.82) is 5.26 Å². The average Bonchev–Trinajstić information content (AvgIpc) is 2.30. The van der Waals surface area contributed by atoms with E-state index in [1.54, 1.807) is 6.07 Å². The molecule has 1 aromatic rings. The van der Waals surface area contributed by atoms with Crippen molar-refractivity contribution in [2.75, 3.05) is 0 Å². The number of nitriles is 1. The summed E-state index contributed by atoms with van der Waals surface area (Å²) in [6.45, 7) is 0. The molecule has 0 aliphatic carbocycles. The van der Waals surface area contributed by atoms with Gasteiger partial charge in [0.2, 0.25) is 0 Å². The van der Waals surface area contributed by atoms with Crippen LogP contribution in [0.4, 0.5) is 13.2 Å². The van der Waals surface area contributed by atoms with Crippen molar-refractivity contribution in [2.45, 2.75) is 6.36 Å². The van der Waals surface area contributed by atoms with E-state index in [9.17, 15) is 13.2 Å². The molecule has 0 amide bonds. The summed E-state index contributed by atoms with van der Waals surface area (Å²) in [7, 11) is 0. The van der Waals surface area contributed by atoms with Crippen molar-refractivity contribution in [3.63, 3.8) is 0 Å². The summed E-state index contributed by atoms with van der Waals surface area (Å²) in [5, 5.41) is 9.78. The van der Waals surface area contributed by atoms with Crippen LogP contribution >= 0.6 is 27.3 Å².